The molecule has 0 aromatic carbocycles. The molecule has 6 heteroatoms. The topological polar surface area (TPSA) is 49.8 Å². The van der Waals surface area contributed by atoms with Crippen LogP contribution in [0.3, 0.4) is 0 Å². The van der Waals surface area contributed by atoms with Gasteiger partial charge in [0, 0.05) is 17.0 Å². The van der Waals surface area contributed by atoms with Crippen molar-refractivity contribution in [3.05, 3.63) is 32.2 Å². The van der Waals surface area contributed by atoms with Gasteiger partial charge in [0.25, 0.3) is 0 Å². The first-order chi connectivity index (χ1) is 9.60. The molecule has 20 heavy (non-hydrogen) atoms. The van der Waals surface area contributed by atoms with Crippen LogP contribution in [0.2, 0.25) is 0 Å². The molecule has 0 fully saturated rings. The Morgan fingerprint density at radius 2 is 1.85 bits per heavy atom. The van der Waals surface area contributed by atoms with Crippen molar-refractivity contribution in [3.8, 4) is 0 Å². The van der Waals surface area contributed by atoms with Gasteiger partial charge in [-0.25, -0.2) is 9.97 Å². The van der Waals surface area contributed by atoms with Crippen LogP contribution in [0.5, 0.6) is 0 Å². The van der Waals surface area contributed by atoms with Crippen molar-refractivity contribution in [2.45, 2.75) is 33.7 Å². The van der Waals surface area contributed by atoms with Crippen LogP contribution in [-0.2, 0) is 6.54 Å². The Bertz CT molecular complexity index is 583. The molecule has 0 saturated carbocycles. The minimum absolute atomic E-state index is 0.779. The number of hydrogen-bond acceptors (Lipinski definition) is 5. The van der Waals surface area contributed by atoms with Crippen molar-refractivity contribution in [2.75, 3.05) is 17.2 Å². The predicted molar refractivity (Wildman–Crippen MR) is 89.6 cm³/mol. The van der Waals surface area contributed by atoms with E-state index >= 15 is 0 Å². The zero-order valence-corrected chi connectivity index (χ0v) is 14.4. The second-order valence-corrected chi connectivity index (χ2v) is 7.13. The van der Waals surface area contributed by atoms with Gasteiger partial charge in [-0.05, 0) is 48.3 Å². The number of rotatable bonds is 6. The second kappa shape index (κ2) is 7.04. The summed E-state index contributed by atoms with van der Waals surface area (Å²) in [5.74, 6) is 2.61. The van der Waals surface area contributed by atoms with Crippen LogP contribution in [0.4, 0.5) is 11.6 Å². The maximum atomic E-state index is 4.49. The number of aryl methyl sites for hydroxylation is 1. The molecule has 0 unspecified atom stereocenters. The molecule has 0 aliphatic heterocycles. The van der Waals surface area contributed by atoms with Crippen molar-refractivity contribution in [2.24, 2.45) is 0 Å². The molecule has 0 amide bonds. The first-order valence-electron chi connectivity index (χ1n) is 6.67. The third-order valence-corrected chi connectivity index (χ3v) is 4.48. The summed E-state index contributed by atoms with van der Waals surface area (Å²) in [6.07, 6.45) is 1.08. The molecule has 0 bridgehead atoms. The van der Waals surface area contributed by atoms with Crippen molar-refractivity contribution in [3.63, 3.8) is 0 Å². The van der Waals surface area contributed by atoms with E-state index in [0.29, 0.717) is 0 Å². The lowest BCUT2D eigenvalue weighted by Gasteiger charge is -2.13. The van der Waals surface area contributed by atoms with Gasteiger partial charge >= 0.3 is 0 Å². The second-order valence-electron chi connectivity index (χ2n) is 4.58. The monoisotopic (exact) mass is 354 g/mol. The average Bonchev–Trinajstić information content (AvgIpc) is 2.83. The molecule has 2 N–H and O–H groups in total. The normalized spacial score (nSPS) is 10.6. The zero-order chi connectivity index (χ0) is 14.5. The number of aromatic nitrogens is 2. The highest BCUT2D eigenvalue weighted by Gasteiger charge is 2.09. The number of thiophene rings is 1. The summed E-state index contributed by atoms with van der Waals surface area (Å²) in [5.41, 5.74) is 1.07. The fraction of sp³-hybridized carbons (Fsp3) is 0.429. The largest absolute Gasteiger partial charge is 0.370 e. The van der Waals surface area contributed by atoms with E-state index in [9.17, 15) is 0 Å². The van der Waals surface area contributed by atoms with Crippen LogP contribution in [0.15, 0.2) is 15.9 Å². The molecule has 4 nitrogen and oxygen atoms in total. The van der Waals surface area contributed by atoms with Crippen LogP contribution in [0.25, 0.3) is 0 Å². The molecular formula is C14H19BrN4S. The summed E-state index contributed by atoms with van der Waals surface area (Å²) < 4.78 is 1.15. The van der Waals surface area contributed by atoms with Crippen LogP contribution in [0.1, 0.15) is 29.6 Å². The van der Waals surface area contributed by atoms with Crippen LogP contribution in [-0.4, -0.2) is 16.5 Å². The quantitative estimate of drug-likeness (QED) is 0.809. The Morgan fingerprint density at radius 3 is 2.45 bits per heavy atom. The van der Waals surface area contributed by atoms with Gasteiger partial charge in [-0.15, -0.1) is 11.3 Å². The van der Waals surface area contributed by atoms with Crippen molar-refractivity contribution in [1.82, 2.24) is 9.97 Å². The molecule has 2 aromatic heterocycles. The summed E-state index contributed by atoms with van der Waals surface area (Å²) in [6.45, 7) is 7.81. The summed E-state index contributed by atoms with van der Waals surface area (Å²) in [6, 6.07) is 4.18. The first kappa shape index (κ1) is 15.3. The molecule has 2 heterocycles. The zero-order valence-electron chi connectivity index (χ0n) is 12.0. The van der Waals surface area contributed by atoms with Gasteiger partial charge in [0.15, 0.2) is 0 Å². The average molecular weight is 355 g/mol. The molecule has 0 aliphatic rings. The van der Waals surface area contributed by atoms with E-state index in [0.717, 1.165) is 46.3 Å². The highest BCUT2D eigenvalue weighted by Crippen LogP contribution is 2.24. The van der Waals surface area contributed by atoms with E-state index in [-0.39, 0.29) is 0 Å². The van der Waals surface area contributed by atoms with Crippen molar-refractivity contribution in [1.29, 1.82) is 0 Å². The fourth-order valence-corrected chi connectivity index (χ4v) is 3.26. The van der Waals surface area contributed by atoms with Gasteiger partial charge in [-0.3, -0.25) is 0 Å². The predicted octanol–water partition coefficient (Wildman–Crippen LogP) is 4.35. The molecule has 0 saturated heterocycles. The summed E-state index contributed by atoms with van der Waals surface area (Å²) in [4.78, 5) is 10.2. The Balaban J connectivity index is 2.12. The molecule has 0 aliphatic carbocycles. The Morgan fingerprint density at radius 1 is 1.15 bits per heavy atom. The van der Waals surface area contributed by atoms with E-state index < -0.39 is 0 Å². The van der Waals surface area contributed by atoms with Gasteiger partial charge in [0.1, 0.15) is 17.5 Å². The van der Waals surface area contributed by atoms with Crippen molar-refractivity contribution >= 4 is 38.9 Å². The number of anilines is 2. The first-order valence-corrected chi connectivity index (χ1v) is 8.28. The summed E-state index contributed by atoms with van der Waals surface area (Å²) >= 11 is 5.21. The summed E-state index contributed by atoms with van der Waals surface area (Å²) in [7, 11) is 0. The van der Waals surface area contributed by atoms with Crippen LogP contribution in [0, 0.1) is 13.8 Å². The third kappa shape index (κ3) is 3.93. The summed E-state index contributed by atoms with van der Waals surface area (Å²) in [5, 5.41) is 6.75. The fourth-order valence-electron chi connectivity index (χ4n) is 1.83. The van der Waals surface area contributed by atoms with Crippen molar-refractivity contribution < 1.29 is 0 Å². The van der Waals surface area contributed by atoms with E-state index in [2.05, 4.69) is 55.6 Å². The van der Waals surface area contributed by atoms with Crippen LogP contribution >= 0.6 is 27.3 Å². The van der Waals surface area contributed by atoms with Gasteiger partial charge in [-0.2, -0.15) is 0 Å². The van der Waals surface area contributed by atoms with Crippen LogP contribution < -0.4 is 10.6 Å². The lowest BCUT2D eigenvalue weighted by molar-refractivity contribution is 0.943. The molecular weight excluding hydrogens is 336 g/mol. The molecule has 108 valence electrons. The number of halogens is 1. The Kier molecular flexibility index (Phi) is 5.37. The Hall–Kier alpha value is -1.14. The number of nitrogens with one attached hydrogen (secondary N) is 2. The molecule has 0 spiro atoms. The molecule has 2 rings (SSSR count). The van der Waals surface area contributed by atoms with Gasteiger partial charge in [0.05, 0.1) is 10.3 Å². The minimum atomic E-state index is 0.779. The van der Waals surface area contributed by atoms with E-state index in [1.807, 2.05) is 13.8 Å². The maximum Gasteiger partial charge on any atom is 0.135 e. The smallest absolute Gasteiger partial charge is 0.135 e. The van der Waals surface area contributed by atoms with Gasteiger partial charge in [-0.1, -0.05) is 6.92 Å². The van der Waals surface area contributed by atoms with E-state index in [1.54, 1.807) is 11.3 Å². The van der Waals surface area contributed by atoms with E-state index in [4.69, 9.17) is 0 Å². The van der Waals surface area contributed by atoms with Gasteiger partial charge < -0.3 is 10.6 Å². The number of hydrogen-bond donors (Lipinski definition) is 2. The minimum Gasteiger partial charge on any atom is -0.370 e. The SMILES string of the molecule is CCCNc1nc(C)nc(NCc2ccc(Br)s2)c1C. The van der Waals surface area contributed by atoms with E-state index in [1.165, 1.54) is 4.88 Å². The highest BCUT2D eigenvalue weighted by molar-refractivity contribution is 9.11. The lowest BCUT2D eigenvalue weighted by atomic mass is 10.3. The number of nitrogens with zero attached hydrogens (tertiary/aromatic N) is 2. The molecule has 0 atom stereocenters. The standard InChI is InChI=1S/C14H19BrN4S/c1-4-7-16-13-9(2)14(19-10(3)18-13)17-8-11-5-6-12(15)20-11/h5-6H,4,7-8H2,1-3H3,(H2,16,17,18,19). The Labute approximate surface area is 132 Å². The maximum absolute atomic E-state index is 4.49. The lowest BCUT2D eigenvalue weighted by Crippen LogP contribution is -2.10. The van der Waals surface area contributed by atoms with Gasteiger partial charge in [0.2, 0.25) is 0 Å². The highest BCUT2D eigenvalue weighted by atomic mass is 79.9. The third-order valence-electron chi connectivity index (χ3n) is 2.86. The molecule has 2 aromatic rings. The molecule has 0 radical (unpaired) electrons.